The number of hydrogen-bond donors (Lipinski definition) is 13. The standard InChI is InChI=1S/5C9H7ClF2O4.2C5H10N2O.2CH4.ClH/c5*10-5-1-4(7(13)8(14)15)2-6(3-5)16-9(11)12;2*6-5(8)4-2-1-3-7-4;;;/h5*1-3,7,9,13H,(H,14,15);2*4,7H,1-3H2,(H2,6,8);2*1H4;1H/p-2/t4*7-;;2*4-;;;/m1100.11.../s1. The van der Waals surface area contributed by atoms with E-state index in [9.17, 15) is 103 Å². The van der Waals surface area contributed by atoms with E-state index >= 15 is 0 Å². The molecular weight excluding hydrogens is 1500 g/mol. The van der Waals surface area contributed by atoms with E-state index in [1.807, 2.05) is 0 Å². The molecule has 1 unspecified atom stereocenters. The summed E-state index contributed by atoms with van der Waals surface area (Å²) < 4.78 is 139. The molecule has 42 heteroatoms. The van der Waals surface area contributed by atoms with Gasteiger partial charge in [0.25, 0.3) is 0 Å². The molecule has 5 aromatic carbocycles. The molecule has 15 N–H and O–H groups in total. The number of hydrogen-bond acceptors (Lipinski definition) is 20. The van der Waals surface area contributed by atoms with Crippen molar-refractivity contribution in [1.29, 1.82) is 0 Å². The van der Waals surface area contributed by atoms with Crippen LogP contribution in [0, 0.1) is 0 Å². The fourth-order valence-corrected chi connectivity index (χ4v) is 8.29. The fourth-order valence-electron chi connectivity index (χ4n) is 7.13. The Morgan fingerprint density at radius 1 is 0.384 bits per heavy atom. The number of halogens is 16. The quantitative estimate of drug-likeness (QED) is 0.0370. The zero-order valence-electron chi connectivity index (χ0n) is 48.4. The zero-order valence-corrected chi connectivity index (χ0v) is 52.9. The van der Waals surface area contributed by atoms with Crippen LogP contribution in [0.15, 0.2) is 91.0 Å². The van der Waals surface area contributed by atoms with Crippen LogP contribution in [-0.4, -0.2) is 146 Å². The van der Waals surface area contributed by atoms with Crippen LogP contribution in [0.5, 0.6) is 28.7 Å². The molecule has 0 aromatic heterocycles. The van der Waals surface area contributed by atoms with Gasteiger partial charge in [-0.1, -0.05) is 72.9 Å². The molecule has 26 nitrogen and oxygen atoms in total. The summed E-state index contributed by atoms with van der Waals surface area (Å²) in [5, 5.41) is 96.2. The molecule has 5 aromatic rings. The number of primary amides is 2. The van der Waals surface area contributed by atoms with Gasteiger partial charge in [0, 0.05) is 25.1 Å². The molecule has 99 heavy (non-hydrogen) atoms. The first-order valence-corrected chi connectivity index (χ1v) is 27.8. The second kappa shape index (κ2) is 48.0. The van der Waals surface area contributed by atoms with Gasteiger partial charge in [-0.05, 0) is 158 Å². The van der Waals surface area contributed by atoms with Gasteiger partial charge in [-0.3, -0.25) is 9.59 Å². The Morgan fingerprint density at radius 3 is 0.687 bits per heavy atom. The van der Waals surface area contributed by atoms with E-state index in [-0.39, 0.29) is 133 Å². The summed E-state index contributed by atoms with van der Waals surface area (Å²) in [4.78, 5) is 72.9. The number of carboxylic acid groups (broad SMARTS) is 5. The first kappa shape index (κ1) is 95.3. The Bertz CT molecular complexity index is 2890. The Labute approximate surface area is 585 Å². The molecule has 0 saturated carbocycles. The number of benzene rings is 5. The number of amides is 2. The monoisotopic (exact) mass is 1550 g/mol. The Kier molecular flexibility index (Phi) is 46.2. The van der Waals surface area contributed by atoms with Crippen molar-refractivity contribution >= 4 is 99.7 Å². The largest absolute Gasteiger partial charge is 1.00 e. The molecule has 7 rings (SSSR count). The van der Waals surface area contributed by atoms with Gasteiger partial charge in [0.05, 0.1) is 18.1 Å². The van der Waals surface area contributed by atoms with Crippen LogP contribution in [0.25, 0.3) is 0 Å². The van der Waals surface area contributed by atoms with Gasteiger partial charge in [0.15, 0.2) is 24.4 Å². The number of nitrogens with two attached hydrogens (primary N) is 2. The number of alkyl halides is 10. The number of carbonyl (C=O) groups excluding carboxylic acids is 3. The van der Waals surface area contributed by atoms with Gasteiger partial charge >= 0.3 is 56.9 Å². The van der Waals surface area contributed by atoms with Gasteiger partial charge in [-0.15, -0.1) is 0 Å². The average Bonchev–Trinajstić information content (AvgIpc) is 1.66. The number of aliphatic hydroxyl groups is 5. The highest BCUT2D eigenvalue weighted by molar-refractivity contribution is 6.32. The number of carbonyl (C=O) groups is 7. The number of ether oxygens (including phenoxy) is 5. The minimum Gasteiger partial charge on any atom is -1.00 e. The minimum absolute atomic E-state index is 0. The molecule has 0 spiro atoms. The average molecular weight is 1560 g/mol. The van der Waals surface area contributed by atoms with Crippen LogP contribution in [0.2, 0.25) is 25.1 Å². The van der Waals surface area contributed by atoms with Crippen molar-refractivity contribution in [3.63, 3.8) is 0 Å². The van der Waals surface area contributed by atoms with Gasteiger partial charge in [-0.2, -0.15) is 43.9 Å². The summed E-state index contributed by atoms with van der Waals surface area (Å²) in [7, 11) is 0. The van der Waals surface area contributed by atoms with Crippen molar-refractivity contribution in [3.05, 3.63) is 144 Å². The predicted octanol–water partition coefficient (Wildman–Crippen LogP) is 5.69. The highest BCUT2D eigenvalue weighted by atomic mass is 35.5. The van der Waals surface area contributed by atoms with Crippen molar-refractivity contribution in [2.75, 3.05) is 13.1 Å². The maximum Gasteiger partial charge on any atom is 0.387 e. The lowest BCUT2D eigenvalue weighted by Gasteiger charge is -2.13. The van der Waals surface area contributed by atoms with E-state index in [4.69, 9.17) is 95.0 Å². The van der Waals surface area contributed by atoms with Gasteiger partial charge in [-0.25, -0.2) is 19.2 Å². The van der Waals surface area contributed by atoms with Crippen molar-refractivity contribution < 1.29 is 165 Å². The number of aliphatic carboxylic acids is 5. The molecular formula is C57H62Cl6F10N4O22-2. The Balaban J connectivity index is -0.00000109. The third-order valence-corrected chi connectivity index (χ3v) is 12.2. The molecule has 2 heterocycles. The van der Waals surface area contributed by atoms with Crippen LogP contribution < -0.4 is 63.3 Å². The normalized spacial score (nSPS) is 14.7. The first-order chi connectivity index (χ1) is 44.6. The van der Waals surface area contributed by atoms with Crippen LogP contribution in [-0.2, 0) is 33.6 Å². The summed E-state index contributed by atoms with van der Waals surface area (Å²) in [6.45, 7) is -13.4. The first-order valence-electron chi connectivity index (χ1n) is 25.9. The van der Waals surface area contributed by atoms with Gasteiger partial charge in [0.1, 0.15) is 34.9 Å². The minimum atomic E-state index is -3.06. The van der Waals surface area contributed by atoms with Crippen LogP contribution in [0.3, 0.4) is 0 Å². The molecule has 0 aliphatic carbocycles. The summed E-state index contributed by atoms with van der Waals surface area (Å²) in [6, 6.07) is 15.9. The maximum absolute atomic E-state index is 11.9. The summed E-state index contributed by atoms with van der Waals surface area (Å²) >= 11 is 27.7. The van der Waals surface area contributed by atoms with Crippen LogP contribution in [0.4, 0.5) is 43.9 Å². The van der Waals surface area contributed by atoms with Crippen molar-refractivity contribution in [2.45, 2.75) is 116 Å². The number of carboxylic acids is 5. The molecule has 2 amide bonds. The lowest BCUT2D eigenvalue weighted by Crippen LogP contribution is -3.00. The Hall–Kier alpha value is -7.85. The Morgan fingerprint density at radius 2 is 0.566 bits per heavy atom. The highest BCUT2D eigenvalue weighted by Crippen LogP contribution is 2.31. The number of nitrogens with one attached hydrogen (secondary N) is 2. The van der Waals surface area contributed by atoms with E-state index < -0.39 is 93.4 Å². The predicted molar refractivity (Wildman–Crippen MR) is 325 cm³/mol. The molecule has 7 atom stereocenters. The van der Waals surface area contributed by atoms with Crippen LogP contribution >= 0.6 is 58.0 Å². The molecule has 0 bridgehead atoms. The number of rotatable bonds is 22. The lowest BCUT2D eigenvalue weighted by molar-refractivity contribution is -0.315. The van der Waals surface area contributed by atoms with Crippen molar-refractivity contribution in [2.24, 2.45) is 11.5 Å². The smallest absolute Gasteiger partial charge is 0.387 e. The molecule has 556 valence electrons. The van der Waals surface area contributed by atoms with E-state index in [0.717, 1.165) is 130 Å². The zero-order chi connectivity index (χ0) is 73.4. The van der Waals surface area contributed by atoms with Crippen molar-refractivity contribution in [1.82, 2.24) is 10.6 Å². The number of aliphatic hydroxyl groups excluding tert-OH is 5. The maximum atomic E-state index is 11.9. The topological polar surface area (TPSA) is 447 Å². The SMILES string of the molecule is C.C.NC(=O)[C@H]1CCCN1.NC(=O)[C@H]1CCCN1.O=C(O)C(O)c1cc(Cl)cc(OC(F)F)c1.O=C(O)[C@@H](O)c1cc(Cl)cc(OC(F)F)c1.O=C(O)[C@@H](O)c1cc(Cl)cc(OC(F)F)c1.O=C(O)[C@H](O)c1cc(Cl)cc(OC(F)F)c1.O=C([O-])[C@H](O)c1cc(Cl)cc(OC(F)F)c1.[Cl-]. The molecule has 0 radical (unpaired) electrons. The molecule has 2 aliphatic rings. The summed E-state index contributed by atoms with van der Waals surface area (Å²) in [5.74, 6) is -9.80. The second-order valence-electron chi connectivity index (χ2n) is 18.3. The van der Waals surface area contributed by atoms with Gasteiger partial charge in [0.2, 0.25) is 11.8 Å². The third-order valence-electron chi connectivity index (χ3n) is 11.1. The molecule has 2 fully saturated rings. The van der Waals surface area contributed by atoms with E-state index in [2.05, 4.69) is 34.3 Å². The van der Waals surface area contributed by atoms with Crippen LogP contribution in [0.1, 0.15) is 98.9 Å². The van der Waals surface area contributed by atoms with Crippen molar-refractivity contribution in [3.8, 4) is 28.7 Å². The second-order valence-corrected chi connectivity index (χ2v) is 20.5. The molecule has 2 saturated heterocycles. The van der Waals surface area contributed by atoms with Gasteiger partial charge < -0.3 is 114 Å². The third kappa shape index (κ3) is 38.9. The molecule has 2 aliphatic heterocycles. The lowest BCUT2D eigenvalue weighted by atomic mass is 10.1. The van der Waals surface area contributed by atoms with E-state index in [0.29, 0.717) is 0 Å². The highest BCUT2D eigenvalue weighted by Gasteiger charge is 2.24. The van der Waals surface area contributed by atoms with E-state index in [1.165, 1.54) is 0 Å². The fraction of sp³-hybridized carbons (Fsp3) is 0.351. The summed E-state index contributed by atoms with van der Waals surface area (Å²) in [6.07, 6.45) is -5.31. The summed E-state index contributed by atoms with van der Waals surface area (Å²) in [5.41, 5.74) is 9.28. The van der Waals surface area contributed by atoms with E-state index in [1.54, 1.807) is 0 Å².